The molecule has 2 aromatic rings. The van der Waals surface area contributed by atoms with Crippen LogP contribution in [0.4, 0.5) is 0 Å². The molecule has 0 bridgehead atoms. The smallest absolute Gasteiger partial charge is 0.328 e. The molecule has 29 heavy (non-hydrogen) atoms. The average molecular weight is 438 g/mol. The molecule has 2 aromatic carbocycles. The fourth-order valence-corrected chi connectivity index (χ4v) is 4.73. The van der Waals surface area contributed by atoms with Crippen LogP contribution >= 0.6 is 11.6 Å². The first-order chi connectivity index (χ1) is 13.5. The summed E-state index contributed by atoms with van der Waals surface area (Å²) < 4.78 is 27.4. The van der Waals surface area contributed by atoms with Crippen molar-refractivity contribution < 1.29 is 18.5 Å². The van der Waals surface area contributed by atoms with Crippen LogP contribution in [0.1, 0.15) is 37.5 Å². The van der Waals surface area contributed by atoms with Crippen LogP contribution in [0.25, 0.3) is 0 Å². The van der Waals surface area contributed by atoms with Crippen molar-refractivity contribution in [3.63, 3.8) is 0 Å². The van der Waals surface area contributed by atoms with Crippen molar-refractivity contribution in [2.45, 2.75) is 58.1 Å². The molecule has 2 rings (SSSR count). The number of aryl methyl sites for hydroxylation is 3. The van der Waals surface area contributed by atoms with Gasteiger partial charge in [0.05, 0.1) is 11.5 Å². The van der Waals surface area contributed by atoms with E-state index in [1.165, 1.54) is 0 Å². The number of hydrogen-bond donors (Lipinski definition) is 1. The van der Waals surface area contributed by atoms with Gasteiger partial charge >= 0.3 is 5.97 Å². The minimum atomic E-state index is -1.63. The van der Waals surface area contributed by atoms with Gasteiger partial charge in [-0.15, -0.1) is 0 Å². The molecular weight excluding hydrogens is 410 g/mol. The van der Waals surface area contributed by atoms with E-state index in [1.54, 1.807) is 45.0 Å². The minimum absolute atomic E-state index is 0.212. The summed E-state index contributed by atoms with van der Waals surface area (Å²) in [6, 6.07) is 9.83. The number of carbonyl (C=O) groups is 1. The standard InChI is InChI=1S/C22H28ClNO4S/c1-7-27-21(25)20(22(5,6)28-18-10-8-17(23)9-11-18)24-29(26)19-15(3)12-14(2)13-16(19)4/h8-13,20,24H,7H2,1-6H3/t20-,29+/m1/s1. The Balaban J connectivity index is 2.33. The third-order valence-corrected chi connectivity index (χ3v) is 6.14. The normalized spacial score (nSPS) is 13.6. The Labute approximate surface area is 180 Å². The van der Waals surface area contributed by atoms with Crippen molar-refractivity contribution in [1.29, 1.82) is 0 Å². The van der Waals surface area contributed by atoms with Gasteiger partial charge in [-0.1, -0.05) is 29.3 Å². The highest BCUT2D eigenvalue weighted by Gasteiger charge is 2.40. The number of nitrogens with one attached hydrogen (secondary N) is 1. The second-order valence-electron chi connectivity index (χ2n) is 7.46. The number of ether oxygens (including phenoxy) is 2. The van der Waals surface area contributed by atoms with E-state index < -0.39 is 28.6 Å². The maximum absolute atomic E-state index is 13.2. The van der Waals surface area contributed by atoms with Gasteiger partial charge < -0.3 is 9.47 Å². The highest BCUT2D eigenvalue weighted by molar-refractivity contribution is 7.83. The molecule has 2 atom stereocenters. The van der Waals surface area contributed by atoms with Crippen molar-refractivity contribution in [2.24, 2.45) is 0 Å². The van der Waals surface area contributed by atoms with Crippen LogP contribution in [0.3, 0.4) is 0 Å². The first kappa shape index (κ1) is 23.4. The Bertz CT molecular complexity index is 873. The summed E-state index contributed by atoms with van der Waals surface area (Å²) in [5.41, 5.74) is 1.84. The lowest BCUT2D eigenvalue weighted by Crippen LogP contribution is -2.56. The summed E-state index contributed by atoms with van der Waals surface area (Å²) in [7, 11) is -1.63. The molecule has 1 N–H and O–H groups in total. The molecule has 0 spiro atoms. The topological polar surface area (TPSA) is 64.6 Å². The lowest BCUT2D eigenvalue weighted by molar-refractivity contribution is -0.149. The molecule has 0 fully saturated rings. The van der Waals surface area contributed by atoms with E-state index in [2.05, 4.69) is 4.72 Å². The van der Waals surface area contributed by atoms with Gasteiger partial charge in [-0.3, -0.25) is 4.79 Å². The average Bonchev–Trinajstić information content (AvgIpc) is 2.60. The summed E-state index contributed by atoms with van der Waals surface area (Å²) >= 11 is 5.93. The zero-order valence-corrected chi connectivity index (χ0v) is 19.2. The van der Waals surface area contributed by atoms with Gasteiger partial charge in [-0.05, 0) is 76.9 Å². The summed E-state index contributed by atoms with van der Waals surface area (Å²) in [4.78, 5) is 13.4. The van der Waals surface area contributed by atoms with E-state index in [9.17, 15) is 9.00 Å². The first-order valence-corrected chi connectivity index (χ1v) is 10.9. The molecule has 0 heterocycles. The maximum Gasteiger partial charge on any atom is 0.328 e. The number of rotatable bonds is 8. The van der Waals surface area contributed by atoms with Crippen LogP contribution in [0.15, 0.2) is 41.3 Å². The Morgan fingerprint density at radius 1 is 1.14 bits per heavy atom. The SMILES string of the molecule is CCOC(=O)[C@@H](N[S@@](=O)c1c(C)cc(C)cc1C)C(C)(C)Oc1ccc(Cl)cc1. The first-order valence-electron chi connectivity index (χ1n) is 9.42. The molecule has 0 aromatic heterocycles. The number of hydrogen-bond acceptors (Lipinski definition) is 4. The second kappa shape index (κ2) is 9.74. The van der Waals surface area contributed by atoms with E-state index in [1.807, 2.05) is 32.9 Å². The highest BCUT2D eigenvalue weighted by Crippen LogP contribution is 2.26. The molecule has 0 radical (unpaired) electrons. The van der Waals surface area contributed by atoms with Crippen molar-refractivity contribution in [1.82, 2.24) is 4.72 Å². The van der Waals surface area contributed by atoms with Gasteiger partial charge in [-0.25, -0.2) is 8.93 Å². The Morgan fingerprint density at radius 3 is 2.21 bits per heavy atom. The third-order valence-electron chi connectivity index (χ3n) is 4.43. The molecule has 0 amide bonds. The lowest BCUT2D eigenvalue weighted by atomic mass is 9.99. The minimum Gasteiger partial charge on any atom is -0.486 e. The largest absolute Gasteiger partial charge is 0.486 e. The molecule has 7 heteroatoms. The number of esters is 1. The Hall–Kier alpha value is -1.89. The predicted molar refractivity (Wildman–Crippen MR) is 117 cm³/mol. The molecule has 0 unspecified atom stereocenters. The van der Waals surface area contributed by atoms with E-state index >= 15 is 0 Å². The van der Waals surface area contributed by atoms with Crippen molar-refractivity contribution in [3.05, 3.63) is 58.1 Å². The molecule has 5 nitrogen and oxygen atoms in total. The fourth-order valence-electron chi connectivity index (χ4n) is 3.19. The van der Waals surface area contributed by atoms with E-state index in [-0.39, 0.29) is 6.61 Å². The van der Waals surface area contributed by atoms with Gasteiger partial charge in [0.25, 0.3) is 0 Å². The van der Waals surface area contributed by atoms with Crippen LogP contribution in [0, 0.1) is 20.8 Å². The van der Waals surface area contributed by atoms with Gasteiger partial charge in [0.1, 0.15) is 22.3 Å². The maximum atomic E-state index is 13.2. The van der Waals surface area contributed by atoms with E-state index in [4.69, 9.17) is 21.1 Å². The Kier molecular flexibility index (Phi) is 7.86. The predicted octanol–water partition coefficient (Wildman–Crippen LogP) is 4.67. The second-order valence-corrected chi connectivity index (χ2v) is 9.08. The van der Waals surface area contributed by atoms with Crippen LogP contribution in [-0.4, -0.2) is 28.4 Å². The summed E-state index contributed by atoms with van der Waals surface area (Å²) in [5, 5.41) is 0.585. The van der Waals surface area contributed by atoms with Crippen LogP contribution in [0.5, 0.6) is 5.75 Å². The Morgan fingerprint density at radius 2 is 1.69 bits per heavy atom. The zero-order valence-electron chi connectivity index (χ0n) is 17.7. The number of benzene rings is 2. The van der Waals surface area contributed by atoms with Gasteiger partial charge in [0.15, 0.2) is 6.04 Å². The number of carbonyl (C=O) groups excluding carboxylic acids is 1. The monoisotopic (exact) mass is 437 g/mol. The molecule has 0 aliphatic carbocycles. The van der Waals surface area contributed by atoms with Gasteiger partial charge in [0.2, 0.25) is 0 Å². The van der Waals surface area contributed by atoms with Gasteiger partial charge in [-0.2, -0.15) is 0 Å². The van der Waals surface area contributed by atoms with Crippen LogP contribution < -0.4 is 9.46 Å². The molecule has 0 aliphatic rings. The van der Waals surface area contributed by atoms with Gasteiger partial charge in [0, 0.05) is 5.02 Å². The third kappa shape index (κ3) is 6.04. The van der Waals surface area contributed by atoms with Crippen LogP contribution in [-0.2, 0) is 20.5 Å². The zero-order chi connectivity index (χ0) is 21.8. The molecule has 0 saturated carbocycles. The summed E-state index contributed by atoms with van der Waals surface area (Å²) in [5.74, 6) is 0.0196. The van der Waals surface area contributed by atoms with Crippen molar-refractivity contribution >= 4 is 28.6 Å². The van der Waals surface area contributed by atoms with Crippen molar-refractivity contribution in [3.8, 4) is 5.75 Å². The van der Waals surface area contributed by atoms with Crippen LogP contribution in [0.2, 0.25) is 5.02 Å². The molecule has 0 saturated heterocycles. The molecule has 158 valence electrons. The van der Waals surface area contributed by atoms with E-state index in [0.29, 0.717) is 15.7 Å². The quantitative estimate of drug-likeness (QED) is 0.609. The summed E-state index contributed by atoms with van der Waals surface area (Å²) in [6.07, 6.45) is 0. The van der Waals surface area contributed by atoms with E-state index in [0.717, 1.165) is 16.7 Å². The summed E-state index contributed by atoms with van der Waals surface area (Å²) in [6.45, 7) is 11.2. The number of halogens is 1. The lowest BCUT2D eigenvalue weighted by Gasteiger charge is -2.33. The fraction of sp³-hybridized carbons (Fsp3) is 0.409. The molecular formula is C22H28ClNO4S. The van der Waals surface area contributed by atoms with Crippen molar-refractivity contribution in [2.75, 3.05) is 6.61 Å². The molecule has 0 aliphatic heterocycles. The highest BCUT2D eigenvalue weighted by atomic mass is 35.5.